The molecule has 1 aliphatic rings. The predicted molar refractivity (Wildman–Crippen MR) is 117 cm³/mol. The van der Waals surface area contributed by atoms with E-state index in [-0.39, 0.29) is 17.9 Å². The van der Waals surface area contributed by atoms with Gasteiger partial charge in [0.05, 0.1) is 30.1 Å². The van der Waals surface area contributed by atoms with Crippen molar-refractivity contribution in [2.24, 2.45) is 0 Å². The van der Waals surface area contributed by atoms with Gasteiger partial charge in [-0.05, 0) is 37.6 Å². The Labute approximate surface area is 184 Å². The second kappa shape index (κ2) is 8.91. The van der Waals surface area contributed by atoms with Gasteiger partial charge in [-0.25, -0.2) is 4.98 Å². The van der Waals surface area contributed by atoms with Gasteiger partial charge in [-0.15, -0.1) is 11.3 Å². The van der Waals surface area contributed by atoms with Gasteiger partial charge in [-0.3, -0.25) is 19.6 Å². The SMILES string of the molecule is CNC(=O)c1ccc(-c2cc(C)nc([C@H]3CN(C(=O)c4scnc4C)CCO3)c2)cn1. The number of aromatic nitrogens is 3. The number of pyridine rings is 2. The van der Waals surface area contributed by atoms with E-state index >= 15 is 0 Å². The Morgan fingerprint density at radius 1 is 1.19 bits per heavy atom. The molecule has 0 saturated carbocycles. The van der Waals surface area contributed by atoms with E-state index in [0.29, 0.717) is 30.3 Å². The fraction of sp³-hybridized carbons (Fsp3) is 0.318. The summed E-state index contributed by atoms with van der Waals surface area (Å²) < 4.78 is 5.97. The second-order valence-corrected chi connectivity index (χ2v) is 8.17. The first kappa shape index (κ1) is 21.1. The fourth-order valence-electron chi connectivity index (χ4n) is 3.52. The highest BCUT2D eigenvalue weighted by atomic mass is 32.1. The minimum atomic E-state index is -0.317. The van der Waals surface area contributed by atoms with E-state index < -0.39 is 0 Å². The first-order valence-corrected chi connectivity index (χ1v) is 10.8. The number of ether oxygens (including phenoxy) is 1. The molecule has 8 nitrogen and oxygen atoms in total. The molecule has 0 spiro atoms. The van der Waals surface area contributed by atoms with Crippen molar-refractivity contribution >= 4 is 23.2 Å². The molecule has 4 rings (SSSR count). The van der Waals surface area contributed by atoms with Crippen LogP contribution in [0.3, 0.4) is 0 Å². The molecular formula is C22H23N5O3S. The van der Waals surface area contributed by atoms with E-state index in [0.717, 1.165) is 28.2 Å². The van der Waals surface area contributed by atoms with Crippen LogP contribution in [0.15, 0.2) is 36.0 Å². The van der Waals surface area contributed by atoms with Gasteiger partial charge >= 0.3 is 0 Å². The van der Waals surface area contributed by atoms with Crippen molar-refractivity contribution in [1.29, 1.82) is 0 Å². The predicted octanol–water partition coefficient (Wildman–Crippen LogP) is 2.79. The number of nitrogens with one attached hydrogen (secondary N) is 1. The maximum atomic E-state index is 12.9. The van der Waals surface area contributed by atoms with Crippen LogP contribution in [0.25, 0.3) is 11.1 Å². The van der Waals surface area contributed by atoms with Crippen LogP contribution in [-0.4, -0.2) is 58.4 Å². The molecule has 9 heteroatoms. The Bertz CT molecular complexity index is 1110. The van der Waals surface area contributed by atoms with Crippen LogP contribution in [0, 0.1) is 13.8 Å². The van der Waals surface area contributed by atoms with E-state index in [1.807, 2.05) is 32.0 Å². The molecule has 0 radical (unpaired) electrons. The molecule has 4 heterocycles. The standard InChI is InChI=1S/C22H23N5O3S/c1-13-8-16(15-4-5-17(24-10-15)21(28)23-3)9-18(26-13)19-11-27(6-7-30-19)22(29)20-14(2)25-12-31-20/h4-5,8-10,12,19H,6-7,11H2,1-3H3,(H,23,28)/t19-/m1/s1. The van der Waals surface area contributed by atoms with Gasteiger partial charge in [-0.2, -0.15) is 0 Å². The van der Waals surface area contributed by atoms with Gasteiger partial charge in [0.2, 0.25) is 0 Å². The van der Waals surface area contributed by atoms with Gasteiger partial charge in [0.15, 0.2) is 0 Å². The molecule has 1 aliphatic heterocycles. The summed E-state index contributed by atoms with van der Waals surface area (Å²) in [7, 11) is 1.57. The highest BCUT2D eigenvalue weighted by molar-refractivity contribution is 7.11. The van der Waals surface area contributed by atoms with Crippen LogP contribution in [0.2, 0.25) is 0 Å². The van der Waals surface area contributed by atoms with Crippen molar-refractivity contribution in [3.8, 4) is 11.1 Å². The monoisotopic (exact) mass is 437 g/mol. The lowest BCUT2D eigenvalue weighted by molar-refractivity contribution is -0.0246. The number of hydrogen-bond acceptors (Lipinski definition) is 7. The summed E-state index contributed by atoms with van der Waals surface area (Å²) in [6, 6.07) is 7.48. The van der Waals surface area contributed by atoms with Crippen molar-refractivity contribution in [2.45, 2.75) is 20.0 Å². The van der Waals surface area contributed by atoms with E-state index in [9.17, 15) is 9.59 Å². The van der Waals surface area contributed by atoms with Gasteiger partial charge in [0.25, 0.3) is 11.8 Å². The summed E-state index contributed by atoms with van der Waals surface area (Å²) in [6.45, 7) is 5.18. The molecule has 2 amide bonds. The Balaban J connectivity index is 1.57. The molecule has 3 aromatic rings. The molecule has 3 aromatic heterocycles. The third kappa shape index (κ3) is 4.47. The second-order valence-electron chi connectivity index (χ2n) is 7.31. The quantitative estimate of drug-likeness (QED) is 0.674. The third-order valence-electron chi connectivity index (χ3n) is 5.15. The van der Waals surface area contributed by atoms with E-state index in [2.05, 4.69) is 20.3 Å². The molecular weight excluding hydrogens is 414 g/mol. The van der Waals surface area contributed by atoms with E-state index in [1.165, 1.54) is 11.3 Å². The van der Waals surface area contributed by atoms with Crippen LogP contribution in [-0.2, 0) is 4.74 Å². The normalized spacial score (nSPS) is 16.2. The number of amides is 2. The molecule has 0 bridgehead atoms. The number of aryl methyl sites for hydroxylation is 2. The topological polar surface area (TPSA) is 97.3 Å². The minimum absolute atomic E-state index is 0.0184. The first-order valence-electron chi connectivity index (χ1n) is 9.94. The molecule has 1 atom stereocenters. The minimum Gasteiger partial charge on any atom is -0.368 e. The molecule has 1 fully saturated rings. The van der Waals surface area contributed by atoms with Crippen LogP contribution >= 0.6 is 11.3 Å². The Morgan fingerprint density at radius 2 is 2.03 bits per heavy atom. The van der Waals surface area contributed by atoms with Crippen LogP contribution in [0.1, 0.15) is 43.3 Å². The molecule has 0 aliphatic carbocycles. The van der Waals surface area contributed by atoms with Gasteiger partial charge < -0.3 is 15.0 Å². The lowest BCUT2D eigenvalue weighted by atomic mass is 10.0. The molecule has 31 heavy (non-hydrogen) atoms. The number of morpholine rings is 1. The maximum Gasteiger partial charge on any atom is 0.269 e. The largest absolute Gasteiger partial charge is 0.368 e. The molecule has 0 unspecified atom stereocenters. The summed E-state index contributed by atoms with van der Waals surface area (Å²) in [6.07, 6.45) is 1.36. The number of hydrogen-bond donors (Lipinski definition) is 1. The molecule has 1 N–H and O–H groups in total. The van der Waals surface area contributed by atoms with Gasteiger partial charge in [0, 0.05) is 31.0 Å². The first-order chi connectivity index (χ1) is 15.0. The van der Waals surface area contributed by atoms with Crippen LogP contribution < -0.4 is 5.32 Å². The Morgan fingerprint density at radius 3 is 2.71 bits per heavy atom. The summed E-state index contributed by atoms with van der Waals surface area (Å²) in [5.74, 6) is -0.246. The summed E-state index contributed by atoms with van der Waals surface area (Å²) in [4.78, 5) is 40.2. The zero-order valence-electron chi connectivity index (χ0n) is 17.6. The number of carbonyl (C=O) groups excluding carboxylic acids is 2. The van der Waals surface area contributed by atoms with Gasteiger partial charge in [-0.1, -0.05) is 6.07 Å². The third-order valence-corrected chi connectivity index (χ3v) is 6.07. The van der Waals surface area contributed by atoms with Crippen LogP contribution in [0.5, 0.6) is 0 Å². The highest BCUT2D eigenvalue weighted by Crippen LogP contribution is 2.28. The lowest BCUT2D eigenvalue weighted by Gasteiger charge is -2.32. The van der Waals surface area contributed by atoms with Crippen LogP contribution in [0.4, 0.5) is 0 Å². The van der Waals surface area contributed by atoms with Crippen molar-refractivity contribution in [3.63, 3.8) is 0 Å². The summed E-state index contributed by atoms with van der Waals surface area (Å²) in [5, 5.41) is 2.57. The smallest absolute Gasteiger partial charge is 0.269 e. The van der Waals surface area contributed by atoms with Crippen molar-refractivity contribution in [3.05, 3.63) is 63.6 Å². The number of nitrogens with zero attached hydrogens (tertiary/aromatic N) is 4. The zero-order chi connectivity index (χ0) is 22.0. The zero-order valence-corrected chi connectivity index (χ0v) is 18.4. The maximum absolute atomic E-state index is 12.9. The number of carbonyl (C=O) groups is 2. The Hall–Kier alpha value is -3.17. The fourth-order valence-corrected chi connectivity index (χ4v) is 4.29. The highest BCUT2D eigenvalue weighted by Gasteiger charge is 2.29. The van der Waals surface area contributed by atoms with Crippen molar-refractivity contribution < 1.29 is 14.3 Å². The average molecular weight is 438 g/mol. The molecule has 0 aromatic carbocycles. The summed E-state index contributed by atoms with van der Waals surface area (Å²) >= 11 is 1.36. The molecule has 160 valence electrons. The number of thiazole rings is 1. The van der Waals surface area contributed by atoms with Gasteiger partial charge in [0.1, 0.15) is 16.7 Å². The summed E-state index contributed by atoms with van der Waals surface area (Å²) in [5.41, 5.74) is 6.23. The van der Waals surface area contributed by atoms with Crippen molar-refractivity contribution in [2.75, 3.05) is 26.7 Å². The lowest BCUT2D eigenvalue weighted by Crippen LogP contribution is -2.42. The van der Waals surface area contributed by atoms with E-state index in [1.54, 1.807) is 29.7 Å². The number of rotatable bonds is 4. The molecule has 1 saturated heterocycles. The Kier molecular flexibility index (Phi) is 6.06. The van der Waals surface area contributed by atoms with Crippen molar-refractivity contribution in [1.82, 2.24) is 25.2 Å². The van der Waals surface area contributed by atoms with E-state index in [4.69, 9.17) is 4.74 Å². The average Bonchev–Trinajstić information content (AvgIpc) is 3.23.